The second-order valence-corrected chi connectivity index (χ2v) is 6.72. The normalized spacial score (nSPS) is 10.9. The van der Waals surface area contributed by atoms with E-state index in [1.54, 1.807) is 25.1 Å². The number of ether oxygens (including phenoxy) is 1. The molecule has 1 aromatic carbocycles. The zero-order chi connectivity index (χ0) is 20.3. The molecule has 0 fully saturated rings. The summed E-state index contributed by atoms with van der Waals surface area (Å²) < 4.78 is 11.8. The Morgan fingerprint density at radius 3 is 2.82 bits per heavy atom. The first kappa shape index (κ1) is 19.6. The summed E-state index contributed by atoms with van der Waals surface area (Å²) in [6.07, 6.45) is 2.86. The van der Waals surface area contributed by atoms with Gasteiger partial charge in [0.2, 0.25) is 0 Å². The van der Waals surface area contributed by atoms with Crippen LogP contribution in [0.3, 0.4) is 0 Å². The average molecular weight is 404 g/mol. The van der Waals surface area contributed by atoms with Gasteiger partial charge in [0.15, 0.2) is 12.4 Å². The van der Waals surface area contributed by atoms with Crippen LogP contribution >= 0.6 is 11.6 Å². The van der Waals surface area contributed by atoms with E-state index in [1.807, 2.05) is 13.8 Å². The van der Waals surface area contributed by atoms with Gasteiger partial charge in [-0.05, 0) is 25.1 Å². The average Bonchev–Trinajstić information content (AvgIpc) is 3.29. The van der Waals surface area contributed by atoms with Gasteiger partial charge >= 0.3 is 5.97 Å². The molecule has 3 aromatic rings. The molecule has 0 unspecified atom stereocenters. The number of rotatable bonds is 6. The molecule has 0 saturated heterocycles. The Hall–Kier alpha value is -3.20. The van der Waals surface area contributed by atoms with Crippen LogP contribution in [0.5, 0.6) is 0 Å². The summed E-state index contributed by atoms with van der Waals surface area (Å²) in [5.74, 6) is -0.821. The zero-order valence-electron chi connectivity index (χ0n) is 15.5. The Morgan fingerprint density at radius 1 is 1.36 bits per heavy atom. The van der Waals surface area contributed by atoms with Crippen LogP contribution in [-0.4, -0.2) is 38.4 Å². The Balaban J connectivity index is 1.70. The smallest absolute Gasteiger partial charge is 0.344 e. The number of benzene rings is 1. The Morgan fingerprint density at radius 2 is 2.14 bits per heavy atom. The van der Waals surface area contributed by atoms with Crippen molar-refractivity contribution < 1.29 is 18.8 Å². The van der Waals surface area contributed by atoms with Gasteiger partial charge in [0, 0.05) is 10.9 Å². The molecule has 28 heavy (non-hydrogen) atoms. The van der Waals surface area contributed by atoms with Crippen LogP contribution in [0.1, 0.15) is 41.6 Å². The quantitative estimate of drug-likeness (QED) is 0.629. The Kier molecular flexibility index (Phi) is 5.74. The number of hydrogen-bond acceptors (Lipinski definition) is 7. The van der Waals surface area contributed by atoms with Crippen LogP contribution < -0.4 is 5.32 Å². The van der Waals surface area contributed by atoms with E-state index in [2.05, 4.69) is 20.6 Å². The molecule has 0 atom stereocenters. The highest BCUT2D eigenvalue weighted by Crippen LogP contribution is 2.25. The molecule has 9 nitrogen and oxygen atoms in total. The molecular formula is C18H18ClN5O4. The SMILES string of the molecule is Cc1noc(C(C)C)c1C(=O)OCC(=O)Nc1cc(Cl)ccc1-n1cncn1. The maximum atomic E-state index is 12.4. The monoisotopic (exact) mass is 403 g/mol. The first-order chi connectivity index (χ1) is 13.4. The number of halogens is 1. The first-order valence-electron chi connectivity index (χ1n) is 8.44. The fourth-order valence-corrected chi connectivity index (χ4v) is 2.73. The standard InChI is InChI=1S/C18H18ClN5O4/c1-10(2)17-16(11(3)23-28-17)18(26)27-7-15(25)22-13-6-12(19)4-5-14(13)24-9-20-8-21-24/h4-6,8-10H,7H2,1-3H3,(H,22,25). The molecule has 0 aliphatic carbocycles. The number of aryl methyl sites for hydroxylation is 1. The van der Waals surface area contributed by atoms with Crippen LogP contribution in [0.25, 0.3) is 5.69 Å². The Labute approximate surface area is 165 Å². The predicted molar refractivity (Wildman–Crippen MR) is 101 cm³/mol. The maximum Gasteiger partial charge on any atom is 0.344 e. The van der Waals surface area contributed by atoms with Crippen LogP contribution in [0.15, 0.2) is 35.4 Å². The molecule has 0 saturated carbocycles. The van der Waals surface area contributed by atoms with Crippen molar-refractivity contribution in [1.29, 1.82) is 0 Å². The summed E-state index contributed by atoms with van der Waals surface area (Å²) in [5, 5.41) is 10.9. The largest absolute Gasteiger partial charge is 0.452 e. The summed E-state index contributed by atoms with van der Waals surface area (Å²) in [7, 11) is 0. The minimum Gasteiger partial charge on any atom is -0.452 e. The third-order valence-corrected chi connectivity index (χ3v) is 4.09. The van der Waals surface area contributed by atoms with Gasteiger partial charge in [-0.1, -0.05) is 30.6 Å². The molecule has 1 amide bonds. The van der Waals surface area contributed by atoms with E-state index in [1.165, 1.54) is 17.3 Å². The van der Waals surface area contributed by atoms with Crippen molar-refractivity contribution in [3.05, 3.63) is 52.9 Å². The number of hydrogen-bond donors (Lipinski definition) is 1. The van der Waals surface area contributed by atoms with Crippen molar-refractivity contribution in [2.24, 2.45) is 0 Å². The third kappa shape index (κ3) is 4.20. The molecule has 10 heteroatoms. The van der Waals surface area contributed by atoms with Crippen molar-refractivity contribution in [3.8, 4) is 5.69 Å². The fourth-order valence-electron chi connectivity index (χ4n) is 2.56. The lowest BCUT2D eigenvalue weighted by Gasteiger charge is -2.12. The lowest BCUT2D eigenvalue weighted by Crippen LogP contribution is -2.22. The van der Waals surface area contributed by atoms with Crippen LogP contribution in [0, 0.1) is 6.92 Å². The Bertz CT molecular complexity index is 998. The van der Waals surface area contributed by atoms with Gasteiger partial charge in [0.1, 0.15) is 18.2 Å². The third-order valence-electron chi connectivity index (χ3n) is 3.85. The second kappa shape index (κ2) is 8.22. The van der Waals surface area contributed by atoms with Crippen molar-refractivity contribution in [3.63, 3.8) is 0 Å². The summed E-state index contributed by atoms with van der Waals surface area (Å²) in [6.45, 7) is 4.90. The fraction of sp³-hybridized carbons (Fsp3) is 0.278. The molecular weight excluding hydrogens is 386 g/mol. The highest BCUT2D eigenvalue weighted by molar-refractivity contribution is 6.31. The van der Waals surface area contributed by atoms with Gasteiger partial charge in [-0.2, -0.15) is 5.10 Å². The number of amides is 1. The van der Waals surface area contributed by atoms with Crippen molar-refractivity contribution in [2.45, 2.75) is 26.7 Å². The lowest BCUT2D eigenvalue weighted by molar-refractivity contribution is -0.119. The summed E-state index contributed by atoms with van der Waals surface area (Å²) in [6, 6.07) is 4.92. The molecule has 1 N–H and O–H groups in total. The van der Waals surface area contributed by atoms with Crippen molar-refractivity contribution >= 4 is 29.2 Å². The molecule has 0 radical (unpaired) electrons. The molecule has 2 aromatic heterocycles. The minimum atomic E-state index is -0.666. The molecule has 2 heterocycles. The molecule has 0 spiro atoms. The number of anilines is 1. The predicted octanol–water partition coefficient (Wildman–Crippen LogP) is 3.14. The minimum absolute atomic E-state index is 0.0470. The van der Waals surface area contributed by atoms with E-state index >= 15 is 0 Å². The number of nitrogens with zero attached hydrogens (tertiary/aromatic N) is 4. The van der Waals surface area contributed by atoms with E-state index in [0.717, 1.165) is 0 Å². The lowest BCUT2D eigenvalue weighted by atomic mass is 10.1. The number of carbonyl (C=O) groups is 2. The van der Waals surface area contributed by atoms with E-state index in [0.29, 0.717) is 27.9 Å². The maximum absolute atomic E-state index is 12.4. The van der Waals surface area contributed by atoms with Crippen LogP contribution in [-0.2, 0) is 9.53 Å². The highest BCUT2D eigenvalue weighted by Gasteiger charge is 2.24. The van der Waals surface area contributed by atoms with Crippen molar-refractivity contribution in [1.82, 2.24) is 19.9 Å². The van der Waals surface area contributed by atoms with Crippen LogP contribution in [0.4, 0.5) is 5.69 Å². The number of nitrogens with one attached hydrogen (secondary N) is 1. The van der Waals surface area contributed by atoms with E-state index in [4.69, 9.17) is 20.9 Å². The molecule has 3 rings (SSSR count). The summed E-state index contributed by atoms with van der Waals surface area (Å²) >= 11 is 6.02. The molecule has 0 aliphatic rings. The van der Waals surface area contributed by atoms with Gasteiger partial charge in [-0.15, -0.1) is 0 Å². The van der Waals surface area contributed by atoms with Gasteiger partial charge in [-0.3, -0.25) is 4.79 Å². The second-order valence-electron chi connectivity index (χ2n) is 6.29. The van der Waals surface area contributed by atoms with E-state index < -0.39 is 18.5 Å². The van der Waals surface area contributed by atoms with Gasteiger partial charge in [-0.25, -0.2) is 14.5 Å². The number of carbonyl (C=O) groups excluding carboxylic acids is 2. The van der Waals surface area contributed by atoms with Gasteiger partial charge < -0.3 is 14.6 Å². The summed E-state index contributed by atoms with van der Waals surface area (Å²) in [4.78, 5) is 28.6. The zero-order valence-corrected chi connectivity index (χ0v) is 16.2. The van der Waals surface area contributed by atoms with Crippen molar-refractivity contribution in [2.75, 3.05) is 11.9 Å². The van der Waals surface area contributed by atoms with E-state index in [9.17, 15) is 9.59 Å². The van der Waals surface area contributed by atoms with Crippen LogP contribution in [0.2, 0.25) is 5.02 Å². The number of esters is 1. The first-order valence-corrected chi connectivity index (χ1v) is 8.82. The topological polar surface area (TPSA) is 112 Å². The number of aromatic nitrogens is 4. The molecule has 0 aliphatic heterocycles. The van der Waals surface area contributed by atoms with Gasteiger partial charge in [0.05, 0.1) is 17.1 Å². The molecule has 0 bridgehead atoms. The van der Waals surface area contributed by atoms with Gasteiger partial charge in [0.25, 0.3) is 5.91 Å². The summed E-state index contributed by atoms with van der Waals surface area (Å²) in [5.41, 5.74) is 1.63. The highest BCUT2D eigenvalue weighted by atomic mass is 35.5. The molecule has 146 valence electrons. The van der Waals surface area contributed by atoms with E-state index in [-0.39, 0.29) is 11.5 Å².